The number of imidazole rings is 1. The van der Waals surface area contributed by atoms with Crippen LogP contribution >= 0.6 is 0 Å². The average Bonchev–Trinajstić information content (AvgIpc) is 2.99. The van der Waals surface area contributed by atoms with Crippen LogP contribution in [-0.2, 0) is 17.7 Å². The van der Waals surface area contributed by atoms with Gasteiger partial charge in [-0.1, -0.05) is 19.8 Å². The van der Waals surface area contributed by atoms with E-state index in [9.17, 15) is 4.79 Å². The van der Waals surface area contributed by atoms with Crippen LogP contribution in [0.2, 0.25) is 0 Å². The number of hydrogen-bond acceptors (Lipinski definition) is 4. The van der Waals surface area contributed by atoms with Crippen molar-refractivity contribution in [2.45, 2.75) is 45.6 Å². The molecule has 2 rings (SSSR count). The number of carbonyl (C=O) groups excluding carboxylic acids is 1. The first-order valence-corrected chi connectivity index (χ1v) is 6.60. The van der Waals surface area contributed by atoms with Crippen LogP contribution in [-0.4, -0.2) is 22.6 Å². The SMILES string of the molecule is CCc1nc(C(=O)OC)c(N)n1CC1CCCC1. The molecule has 0 radical (unpaired) electrons. The van der Waals surface area contributed by atoms with E-state index in [1.54, 1.807) is 0 Å². The Morgan fingerprint density at radius 2 is 2.17 bits per heavy atom. The Hall–Kier alpha value is -1.52. The third-order valence-corrected chi connectivity index (χ3v) is 3.70. The monoisotopic (exact) mass is 251 g/mol. The number of aryl methyl sites for hydroxylation is 1. The second-order valence-corrected chi connectivity index (χ2v) is 4.87. The Labute approximate surface area is 107 Å². The van der Waals surface area contributed by atoms with Gasteiger partial charge in [0.1, 0.15) is 11.6 Å². The molecule has 2 N–H and O–H groups in total. The van der Waals surface area contributed by atoms with Gasteiger partial charge in [-0.3, -0.25) is 0 Å². The van der Waals surface area contributed by atoms with Crippen molar-refractivity contribution in [2.75, 3.05) is 12.8 Å². The highest BCUT2D eigenvalue weighted by molar-refractivity contribution is 5.92. The Bertz CT molecular complexity index is 434. The van der Waals surface area contributed by atoms with Crippen LogP contribution in [0.1, 0.15) is 48.9 Å². The van der Waals surface area contributed by atoms with Crippen LogP contribution in [0, 0.1) is 5.92 Å². The van der Waals surface area contributed by atoms with Crippen molar-refractivity contribution in [2.24, 2.45) is 5.92 Å². The number of nitrogens with two attached hydrogens (primary N) is 1. The molecule has 1 heterocycles. The molecular formula is C13H21N3O2. The van der Waals surface area contributed by atoms with E-state index in [2.05, 4.69) is 4.98 Å². The molecule has 0 atom stereocenters. The van der Waals surface area contributed by atoms with Crippen molar-refractivity contribution in [1.82, 2.24) is 9.55 Å². The molecule has 0 bridgehead atoms. The van der Waals surface area contributed by atoms with Crippen LogP contribution in [0.4, 0.5) is 5.82 Å². The van der Waals surface area contributed by atoms with Gasteiger partial charge < -0.3 is 15.0 Å². The number of aromatic nitrogens is 2. The topological polar surface area (TPSA) is 70.1 Å². The molecule has 100 valence electrons. The standard InChI is InChI=1S/C13H21N3O2/c1-3-10-15-11(13(17)18-2)12(14)16(10)8-9-6-4-5-7-9/h9H,3-8,14H2,1-2H3. The minimum atomic E-state index is -0.452. The molecule has 0 unspecified atom stereocenters. The van der Waals surface area contributed by atoms with E-state index in [0.29, 0.717) is 11.7 Å². The van der Waals surface area contributed by atoms with E-state index in [1.165, 1.54) is 32.8 Å². The lowest BCUT2D eigenvalue weighted by molar-refractivity contribution is 0.0595. The van der Waals surface area contributed by atoms with Crippen LogP contribution in [0.15, 0.2) is 0 Å². The normalized spacial score (nSPS) is 16.1. The number of hydrogen-bond donors (Lipinski definition) is 1. The number of anilines is 1. The van der Waals surface area contributed by atoms with Gasteiger partial charge in [-0.05, 0) is 18.8 Å². The number of nitrogen functional groups attached to an aromatic ring is 1. The third kappa shape index (κ3) is 2.35. The average molecular weight is 251 g/mol. The van der Waals surface area contributed by atoms with E-state index in [4.69, 9.17) is 10.5 Å². The van der Waals surface area contributed by atoms with E-state index in [1.807, 2.05) is 11.5 Å². The van der Waals surface area contributed by atoms with Gasteiger partial charge >= 0.3 is 5.97 Å². The van der Waals surface area contributed by atoms with Crippen molar-refractivity contribution in [3.05, 3.63) is 11.5 Å². The second kappa shape index (κ2) is 5.42. The summed E-state index contributed by atoms with van der Waals surface area (Å²) in [6.07, 6.45) is 5.85. The van der Waals surface area contributed by atoms with Gasteiger partial charge in [0.25, 0.3) is 0 Å². The van der Waals surface area contributed by atoms with Crippen LogP contribution < -0.4 is 5.73 Å². The van der Waals surface area contributed by atoms with Crippen LogP contribution in [0.5, 0.6) is 0 Å². The summed E-state index contributed by atoms with van der Waals surface area (Å²) < 4.78 is 6.69. The van der Waals surface area contributed by atoms with E-state index in [0.717, 1.165) is 18.8 Å². The molecule has 1 aromatic rings. The van der Waals surface area contributed by atoms with Gasteiger partial charge in [-0.25, -0.2) is 9.78 Å². The molecule has 5 nitrogen and oxygen atoms in total. The Morgan fingerprint density at radius 1 is 1.50 bits per heavy atom. The van der Waals surface area contributed by atoms with Gasteiger partial charge in [-0.15, -0.1) is 0 Å². The fraction of sp³-hybridized carbons (Fsp3) is 0.692. The summed E-state index contributed by atoms with van der Waals surface area (Å²) in [5.74, 6) is 1.54. The van der Waals surface area contributed by atoms with Crippen LogP contribution in [0.3, 0.4) is 0 Å². The number of ether oxygens (including phenoxy) is 1. The van der Waals surface area contributed by atoms with Gasteiger partial charge in [0.15, 0.2) is 5.69 Å². The van der Waals surface area contributed by atoms with Crippen molar-refractivity contribution in [3.63, 3.8) is 0 Å². The van der Waals surface area contributed by atoms with Crippen LogP contribution in [0.25, 0.3) is 0 Å². The van der Waals surface area contributed by atoms with Crippen molar-refractivity contribution < 1.29 is 9.53 Å². The summed E-state index contributed by atoms with van der Waals surface area (Å²) in [4.78, 5) is 15.9. The van der Waals surface area contributed by atoms with Gasteiger partial charge in [-0.2, -0.15) is 0 Å². The summed E-state index contributed by atoms with van der Waals surface area (Å²) in [6.45, 7) is 2.90. The highest BCUT2D eigenvalue weighted by Crippen LogP contribution is 2.28. The summed E-state index contributed by atoms with van der Waals surface area (Å²) in [7, 11) is 1.35. The molecule has 5 heteroatoms. The minimum absolute atomic E-state index is 0.257. The van der Waals surface area contributed by atoms with Gasteiger partial charge in [0.2, 0.25) is 0 Å². The molecule has 0 aliphatic heterocycles. The highest BCUT2D eigenvalue weighted by atomic mass is 16.5. The van der Waals surface area contributed by atoms with E-state index in [-0.39, 0.29) is 5.69 Å². The summed E-state index contributed by atoms with van der Waals surface area (Å²) >= 11 is 0. The summed E-state index contributed by atoms with van der Waals surface area (Å²) in [6, 6.07) is 0. The molecule has 1 saturated carbocycles. The fourth-order valence-electron chi connectivity index (χ4n) is 2.69. The Kier molecular flexibility index (Phi) is 3.89. The zero-order valence-electron chi connectivity index (χ0n) is 11.1. The largest absolute Gasteiger partial charge is 0.464 e. The molecule has 1 aliphatic rings. The maximum atomic E-state index is 11.6. The molecule has 0 saturated heterocycles. The van der Waals surface area contributed by atoms with Crippen molar-refractivity contribution in [3.8, 4) is 0 Å². The van der Waals surface area contributed by atoms with E-state index >= 15 is 0 Å². The third-order valence-electron chi connectivity index (χ3n) is 3.70. The molecule has 1 fully saturated rings. The molecule has 1 aromatic heterocycles. The van der Waals surface area contributed by atoms with Crippen molar-refractivity contribution in [1.29, 1.82) is 0 Å². The molecule has 18 heavy (non-hydrogen) atoms. The Balaban J connectivity index is 2.26. The number of carbonyl (C=O) groups is 1. The molecule has 0 spiro atoms. The summed E-state index contributed by atoms with van der Waals surface area (Å²) in [5.41, 5.74) is 6.29. The van der Waals surface area contributed by atoms with Gasteiger partial charge in [0, 0.05) is 13.0 Å². The Morgan fingerprint density at radius 3 is 2.72 bits per heavy atom. The number of nitrogens with zero attached hydrogens (tertiary/aromatic N) is 2. The molecule has 0 amide bonds. The predicted molar refractivity (Wildman–Crippen MR) is 69.3 cm³/mol. The fourth-order valence-corrected chi connectivity index (χ4v) is 2.69. The number of esters is 1. The van der Waals surface area contributed by atoms with Crippen molar-refractivity contribution >= 4 is 11.8 Å². The van der Waals surface area contributed by atoms with Gasteiger partial charge in [0.05, 0.1) is 7.11 Å². The highest BCUT2D eigenvalue weighted by Gasteiger charge is 2.23. The second-order valence-electron chi connectivity index (χ2n) is 4.87. The lowest BCUT2D eigenvalue weighted by atomic mass is 10.1. The zero-order valence-corrected chi connectivity index (χ0v) is 11.1. The first-order valence-electron chi connectivity index (χ1n) is 6.60. The lowest BCUT2D eigenvalue weighted by Gasteiger charge is -2.13. The molecule has 0 aromatic carbocycles. The molecular weight excluding hydrogens is 230 g/mol. The quantitative estimate of drug-likeness (QED) is 0.831. The first kappa shape index (κ1) is 12.9. The summed E-state index contributed by atoms with van der Waals surface area (Å²) in [5, 5.41) is 0. The predicted octanol–water partition coefficient (Wildman–Crippen LogP) is 2.00. The smallest absolute Gasteiger partial charge is 0.360 e. The first-order chi connectivity index (χ1) is 8.67. The minimum Gasteiger partial charge on any atom is -0.464 e. The maximum Gasteiger partial charge on any atom is 0.360 e. The zero-order chi connectivity index (χ0) is 13.1. The number of methoxy groups -OCH3 is 1. The lowest BCUT2D eigenvalue weighted by Crippen LogP contribution is -2.13. The van der Waals surface area contributed by atoms with E-state index < -0.39 is 5.97 Å². The number of rotatable bonds is 4. The maximum absolute atomic E-state index is 11.6. The molecule has 1 aliphatic carbocycles.